The zero-order valence-corrected chi connectivity index (χ0v) is 14.7. The molecule has 24 heavy (non-hydrogen) atoms. The van der Waals surface area contributed by atoms with Crippen molar-refractivity contribution in [1.82, 2.24) is 10.2 Å². The van der Waals surface area contributed by atoms with E-state index < -0.39 is 0 Å². The average molecular weight is 326 g/mol. The van der Waals surface area contributed by atoms with Crippen molar-refractivity contribution in [2.24, 2.45) is 0 Å². The minimum atomic E-state index is -0.191. The Morgan fingerprint density at radius 3 is 2.38 bits per heavy atom. The predicted octanol–water partition coefficient (Wildman–Crippen LogP) is 3.22. The summed E-state index contributed by atoms with van der Waals surface area (Å²) >= 11 is 0. The lowest BCUT2D eigenvalue weighted by Gasteiger charge is -2.20. The molecule has 1 atom stereocenters. The molecule has 0 aliphatic heterocycles. The third-order valence-electron chi connectivity index (χ3n) is 4.01. The summed E-state index contributed by atoms with van der Waals surface area (Å²) in [6.45, 7) is 5.81. The van der Waals surface area contributed by atoms with Crippen molar-refractivity contribution in [3.8, 4) is 5.75 Å². The van der Waals surface area contributed by atoms with Crippen LogP contribution in [0.1, 0.15) is 25.0 Å². The quantitative estimate of drug-likeness (QED) is 0.810. The van der Waals surface area contributed by atoms with Crippen molar-refractivity contribution in [3.05, 3.63) is 65.7 Å². The van der Waals surface area contributed by atoms with Crippen LogP contribution in [-0.4, -0.2) is 30.4 Å². The molecule has 0 bridgehead atoms. The fourth-order valence-electron chi connectivity index (χ4n) is 2.29. The normalized spacial score (nSPS) is 11.8. The van der Waals surface area contributed by atoms with E-state index in [4.69, 9.17) is 4.74 Å². The molecule has 1 N–H and O–H groups in total. The molecular weight excluding hydrogens is 300 g/mol. The van der Waals surface area contributed by atoms with Crippen LogP contribution in [0.3, 0.4) is 0 Å². The van der Waals surface area contributed by atoms with E-state index in [1.807, 2.05) is 75.5 Å². The number of amides is 1. The molecular formula is C20H26N2O2. The van der Waals surface area contributed by atoms with Crippen LogP contribution in [0.25, 0.3) is 0 Å². The first-order chi connectivity index (χ1) is 11.6. The maximum Gasteiger partial charge on any atom is 0.239 e. The van der Waals surface area contributed by atoms with Gasteiger partial charge in [0.15, 0.2) is 0 Å². The van der Waals surface area contributed by atoms with Gasteiger partial charge < -0.3 is 15.0 Å². The molecule has 128 valence electrons. The molecule has 2 aromatic rings. The Hall–Kier alpha value is -2.33. The fraction of sp³-hybridized carbons (Fsp3) is 0.350. The van der Waals surface area contributed by atoms with Crippen molar-refractivity contribution in [3.63, 3.8) is 0 Å². The number of hydrogen-bond acceptors (Lipinski definition) is 3. The highest BCUT2D eigenvalue weighted by Gasteiger charge is 2.15. The number of benzene rings is 2. The van der Waals surface area contributed by atoms with Crippen molar-refractivity contribution in [2.45, 2.75) is 33.0 Å². The Morgan fingerprint density at radius 2 is 1.75 bits per heavy atom. The van der Waals surface area contributed by atoms with E-state index in [2.05, 4.69) is 5.32 Å². The van der Waals surface area contributed by atoms with Gasteiger partial charge in [-0.1, -0.05) is 42.5 Å². The molecule has 0 heterocycles. The van der Waals surface area contributed by atoms with Gasteiger partial charge in [0.25, 0.3) is 0 Å². The highest BCUT2D eigenvalue weighted by atomic mass is 16.5. The maximum atomic E-state index is 12.0. The van der Waals surface area contributed by atoms with E-state index >= 15 is 0 Å². The van der Waals surface area contributed by atoms with Gasteiger partial charge in [-0.2, -0.15) is 0 Å². The monoisotopic (exact) mass is 326 g/mol. The lowest BCUT2D eigenvalue weighted by Crippen LogP contribution is -2.42. The van der Waals surface area contributed by atoms with Crippen molar-refractivity contribution < 1.29 is 9.53 Å². The van der Waals surface area contributed by atoms with Crippen molar-refractivity contribution in [1.29, 1.82) is 0 Å². The largest absolute Gasteiger partial charge is 0.489 e. The Labute approximate surface area is 144 Å². The Balaban J connectivity index is 1.80. The lowest BCUT2D eigenvalue weighted by molar-refractivity contribution is -0.131. The SMILES string of the molecule is CCN(C)C(=O)[C@H](C)NCc1ccc(OCc2ccccc2)cc1. The van der Waals surface area contributed by atoms with E-state index in [1.165, 1.54) is 0 Å². The first-order valence-corrected chi connectivity index (χ1v) is 8.34. The zero-order chi connectivity index (χ0) is 17.4. The van der Waals surface area contributed by atoms with Crippen LogP contribution in [0.15, 0.2) is 54.6 Å². The molecule has 0 spiro atoms. The van der Waals surface area contributed by atoms with E-state index in [0.717, 1.165) is 23.4 Å². The van der Waals surface area contributed by atoms with Gasteiger partial charge in [0, 0.05) is 20.1 Å². The van der Waals surface area contributed by atoms with Crippen LogP contribution in [-0.2, 0) is 17.9 Å². The van der Waals surface area contributed by atoms with Gasteiger partial charge in [0.2, 0.25) is 5.91 Å². The van der Waals surface area contributed by atoms with Crippen LogP contribution < -0.4 is 10.1 Å². The maximum absolute atomic E-state index is 12.0. The van der Waals surface area contributed by atoms with Crippen LogP contribution in [0, 0.1) is 0 Å². The first-order valence-electron chi connectivity index (χ1n) is 8.34. The summed E-state index contributed by atoms with van der Waals surface area (Å²) in [6.07, 6.45) is 0. The predicted molar refractivity (Wildman–Crippen MR) is 96.8 cm³/mol. The molecule has 0 unspecified atom stereocenters. The summed E-state index contributed by atoms with van der Waals surface area (Å²) in [4.78, 5) is 13.7. The first kappa shape index (κ1) is 18.0. The second kappa shape index (κ2) is 9.08. The summed E-state index contributed by atoms with van der Waals surface area (Å²) in [7, 11) is 1.82. The lowest BCUT2D eigenvalue weighted by atomic mass is 10.2. The standard InChI is InChI=1S/C20H26N2O2/c1-4-22(3)20(23)16(2)21-14-17-10-12-19(13-11-17)24-15-18-8-6-5-7-9-18/h5-13,16,21H,4,14-15H2,1-3H3/t16-/m0/s1. The van der Waals surface area contributed by atoms with Gasteiger partial charge in [-0.25, -0.2) is 0 Å². The van der Waals surface area contributed by atoms with Gasteiger partial charge in [-0.15, -0.1) is 0 Å². The van der Waals surface area contributed by atoms with Crippen molar-refractivity contribution in [2.75, 3.05) is 13.6 Å². The minimum Gasteiger partial charge on any atom is -0.489 e. The van der Waals surface area contributed by atoms with Crippen LogP contribution in [0.2, 0.25) is 0 Å². The third kappa shape index (κ3) is 5.39. The number of carbonyl (C=O) groups is 1. The van der Waals surface area contributed by atoms with Gasteiger partial charge >= 0.3 is 0 Å². The Bertz CT molecular complexity index is 626. The van der Waals surface area contributed by atoms with Crippen LogP contribution in [0.4, 0.5) is 0 Å². The Morgan fingerprint density at radius 1 is 1.08 bits per heavy atom. The summed E-state index contributed by atoms with van der Waals surface area (Å²) in [5, 5.41) is 3.26. The summed E-state index contributed by atoms with van der Waals surface area (Å²) in [5.41, 5.74) is 2.27. The molecule has 0 aliphatic rings. The molecule has 0 saturated heterocycles. The van der Waals surface area contributed by atoms with Gasteiger partial charge in [-0.05, 0) is 37.1 Å². The molecule has 0 aromatic heterocycles. The molecule has 4 heteroatoms. The number of rotatable bonds is 8. The minimum absolute atomic E-state index is 0.111. The highest BCUT2D eigenvalue weighted by Crippen LogP contribution is 2.14. The number of likely N-dealkylation sites (N-methyl/N-ethyl adjacent to an activating group) is 1. The smallest absolute Gasteiger partial charge is 0.239 e. The topological polar surface area (TPSA) is 41.6 Å². The molecule has 1 amide bonds. The molecule has 2 rings (SSSR count). The second-order valence-corrected chi connectivity index (χ2v) is 5.87. The number of ether oxygens (including phenoxy) is 1. The second-order valence-electron chi connectivity index (χ2n) is 5.87. The molecule has 4 nitrogen and oxygen atoms in total. The highest BCUT2D eigenvalue weighted by molar-refractivity contribution is 5.81. The third-order valence-corrected chi connectivity index (χ3v) is 4.01. The van der Waals surface area contributed by atoms with Gasteiger partial charge in [0.1, 0.15) is 12.4 Å². The average Bonchev–Trinajstić information content (AvgIpc) is 2.64. The summed E-state index contributed by atoms with van der Waals surface area (Å²) in [6, 6.07) is 17.9. The molecule has 0 fully saturated rings. The van der Waals surface area contributed by atoms with Gasteiger partial charge in [-0.3, -0.25) is 4.79 Å². The number of hydrogen-bond donors (Lipinski definition) is 1. The van der Waals surface area contributed by atoms with E-state index in [-0.39, 0.29) is 11.9 Å². The number of nitrogens with zero attached hydrogens (tertiary/aromatic N) is 1. The van der Waals surface area contributed by atoms with E-state index in [0.29, 0.717) is 13.2 Å². The molecule has 2 aromatic carbocycles. The molecule has 0 aliphatic carbocycles. The fourth-order valence-corrected chi connectivity index (χ4v) is 2.29. The Kier molecular flexibility index (Phi) is 6.82. The van der Waals surface area contributed by atoms with Crippen LogP contribution in [0.5, 0.6) is 5.75 Å². The van der Waals surface area contributed by atoms with Crippen LogP contribution >= 0.6 is 0 Å². The van der Waals surface area contributed by atoms with E-state index in [9.17, 15) is 4.79 Å². The summed E-state index contributed by atoms with van der Waals surface area (Å²) < 4.78 is 5.78. The number of carbonyl (C=O) groups excluding carboxylic acids is 1. The molecule has 0 radical (unpaired) electrons. The van der Waals surface area contributed by atoms with Crippen molar-refractivity contribution >= 4 is 5.91 Å². The zero-order valence-electron chi connectivity index (χ0n) is 14.7. The molecule has 0 saturated carbocycles. The number of nitrogens with one attached hydrogen (secondary N) is 1. The van der Waals surface area contributed by atoms with Gasteiger partial charge in [0.05, 0.1) is 6.04 Å². The van der Waals surface area contributed by atoms with E-state index in [1.54, 1.807) is 4.90 Å². The summed E-state index contributed by atoms with van der Waals surface area (Å²) in [5.74, 6) is 0.956.